The Bertz CT molecular complexity index is 2040. The SMILES string of the molecule is CN=C1N=C(N)C(C)(c2cccc(CCC(=O)O)c2)CCCCc2cnc(cn2)Cc2c(c(F)cc3[nH]ccc23)Oc2ccc(F)c1c2. The van der Waals surface area contributed by atoms with Crippen LogP contribution < -0.4 is 10.5 Å². The highest BCUT2D eigenvalue weighted by Crippen LogP contribution is 2.37. The zero-order chi connectivity index (χ0) is 33.8. The third-order valence-corrected chi connectivity index (χ3v) is 8.94. The fourth-order valence-electron chi connectivity index (χ4n) is 6.14. The topological polar surface area (TPSA) is 139 Å². The number of nitrogens with zero attached hydrogens (tertiary/aromatic N) is 4. The lowest BCUT2D eigenvalue weighted by atomic mass is 9.76. The van der Waals surface area contributed by atoms with Crippen LogP contribution in [-0.2, 0) is 29.5 Å². The molecule has 0 amide bonds. The molecule has 4 heterocycles. The molecule has 2 aromatic heterocycles. The Balaban J connectivity index is 1.46. The first-order valence-electron chi connectivity index (χ1n) is 15.8. The summed E-state index contributed by atoms with van der Waals surface area (Å²) in [6.45, 7) is 1.98. The molecule has 0 spiro atoms. The zero-order valence-corrected chi connectivity index (χ0v) is 26.8. The molecule has 0 fully saturated rings. The molecular weight excluding hydrogens is 614 g/mol. The molecule has 48 heavy (non-hydrogen) atoms. The van der Waals surface area contributed by atoms with Crippen LogP contribution in [0.4, 0.5) is 8.78 Å². The van der Waals surface area contributed by atoms with Crippen LogP contribution in [0.2, 0.25) is 0 Å². The van der Waals surface area contributed by atoms with Gasteiger partial charge >= 0.3 is 5.97 Å². The highest BCUT2D eigenvalue weighted by molar-refractivity contribution is 6.09. The third kappa shape index (κ3) is 6.80. The van der Waals surface area contributed by atoms with Crippen LogP contribution in [0.1, 0.15) is 66.2 Å². The number of carboxylic acid groups (broad SMARTS) is 1. The molecule has 1 atom stereocenters. The van der Waals surface area contributed by atoms with E-state index in [1.807, 2.05) is 37.3 Å². The number of aryl methyl sites for hydroxylation is 2. The van der Waals surface area contributed by atoms with Gasteiger partial charge in [-0.25, -0.2) is 13.8 Å². The summed E-state index contributed by atoms with van der Waals surface area (Å²) in [5.41, 5.74) is 10.4. The van der Waals surface area contributed by atoms with E-state index >= 15 is 8.78 Å². The van der Waals surface area contributed by atoms with Crippen LogP contribution in [0.25, 0.3) is 10.9 Å². The number of carbonyl (C=O) groups is 1. The lowest BCUT2D eigenvalue weighted by molar-refractivity contribution is -0.136. The zero-order valence-electron chi connectivity index (χ0n) is 26.8. The van der Waals surface area contributed by atoms with Gasteiger partial charge in [-0.2, -0.15) is 0 Å². The van der Waals surface area contributed by atoms with Crippen LogP contribution in [-0.4, -0.2) is 44.7 Å². The Morgan fingerprint density at radius 2 is 1.88 bits per heavy atom. The Hall–Kier alpha value is -5.45. The number of hydrogen-bond acceptors (Lipinski definition) is 6. The fourth-order valence-corrected chi connectivity index (χ4v) is 6.14. The number of rotatable bonds is 4. The second kappa shape index (κ2) is 13.7. The number of fused-ring (bicyclic) bond motifs is 9. The first-order valence-corrected chi connectivity index (χ1v) is 15.8. The average Bonchev–Trinajstić information content (AvgIpc) is 3.55. The van der Waals surface area contributed by atoms with Crippen molar-refractivity contribution in [3.63, 3.8) is 0 Å². The minimum Gasteiger partial charge on any atom is -0.481 e. The maximum atomic E-state index is 15.7. The van der Waals surface area contributed by atoms with Crippen molar-refractivity contribution < 1.29 is 23.4 Å². The minimum absolute atomic E-state index is 0.00165. The third-order valence-electron chi connectivity index (χ3n) is 8.94. The number of benzene rings is 3. The summed E-state index contributed by atoms with van der Waals surface area (Å²) in [7, 11) is 1.50. The van der Waals surface area contributed by atoms with Crippen molar-refractivity contribution in [3.05, 3.63) is 118 Å². The van der Waals surface area contributed by atoms with Crippen molar-refractivity contribution in [2.24, 2.45) is 15.7 Å². The summed E-state index contributed by atoms with van der Waals surface area (Å²) in [5.74, 6) is -1.61. The number of aliphatic carboxylic acids is 1. The highest BCUT2D eigenvalue weighted by atomic mass is 19.1. The molecule has 7 rings (SSSR count). The van der Waals surface area contributed by atoms with Crippen molar-refractivity contribution in [3.8, 4) is 11.5 Å². The number of halogens is 2. The molecule has 2 aliphatic rings. The normalized spacial score (nSPS) is 18.0. The largest absolute Gasteiger partial charge is 0.481 e. The van der Waals surface area contributed by atoms with Gasteiger partial charge in [0.1, 0.15) is 17.4 Å². The molecule has 9 nitrogen and oxygen atoms in total. The van der Waals surface area contributed by atoms with Gasteiger partial charge in [0.15, 0.2) is 17.4 Å². The number of hydrogen-bond donors (Lipinski definition) is 3. The summed E-state index contributed by atoms with van der Waals surface area (Å²) >= 11 is 0. The number of aromatic amines is 1. The Morgan fingerprint density at radius 3 is 2.65 bits per heavy atom. The van der Waals surface area contributed by atoms with E-state index in [1.54, 1.807) is 18.6 Å². The number of aromatic nitrogens is 3. The number of nitrogens with one attached hydrogen (secondary N) is 1. The maximum Gasteiger partial charge on any atom is 0.303 e. The van der Waals surface area contributed by atoms with Crippen LogP contribution in [0.15, 0.2) is 83.2 Å². The number of H-pyrrole nitrogens is 1. The molecule has 1 unspecified atom stereocenters. The molecule has 0 aliphatic carbocycles. The average molecular weight is 651 g/mol. The standard InChI is InChI=1S/C37H36F2N6O3/c1-37(23-7-5-6-22(16-23)9-12-33(46)47)14-4-3-8-24-20-44-25(21-43-24)17-28-27-13-15-42-32(27)19-31(39)34(28)48-26-10-11-30(38)29(18-26)35(41-2)45-36(37)40/h5-7,10-11,13,15-16,18-21,42H,3-4,8-9,12,14,17H2,1-2H3,(H,46,47)(H2,40,41,45). The van der Waals surface area contributed by atoms with E-state index < -0.39 is 23.0 Å². The van der Waals surface area contributed by atoms with Crippen molar-refractivity contribution >= 4 is 28.5 Å². The van der Waals surface area contributed by atoms with Gasteiger partial charge in [0.25, 0.3) is 0 Å². The maximum absolute atomic E-state index is 15.7. The van der Waals surface area contributed by atoms with Gasteiger partial charge in [-0.15, -0.1) is 0 Å². The van der Waals surface area contributed by atoms with Gasteiger partial charge in [0.05, 0.1) is 17.0 Å². The van der Waals surface area contributed by atoms with Crippen molar-refractivity contribution in [1.29, 1.82) is 0 Å². The van der Waals surface area contributed by atoms with Crippen LogP contribution in [0, 0.1) is 11.6 Å². The number of carboxylic acids is 1. The predicted molar refractivity (Wildman–Crippen MR) is 181 cm³/mol. The molecule has 246 valence electrons. The van der Waals surface area contributed by atoms with E-state index in [1.165, 1.54) is 31.3 Å². The van der Waals surface area contributed by atoms with Gasteiger partial charge < -0.3 is 20.6 Å². The van der Waals surface area contributed by atoms with Crippen LogP contribution in [0.3, 0.4) is 0 Å². The molecule has 2 aliphatic heterocycles. The lowest BCUT2D eigenvalue weighted by Gasteiger charge is -2.30. The first-order chi connectivity index (χ1) is 23.1. The predicted octanol–water partition coefficient (Wildman–Crippen LogP) is 7.05. The van der Waals surface area contributed by atoms with E-state index in [2.05, 4.69) is 19.9 Å². The minimum atomic E-state index is -0.878. The first kappa shape index (κ1) is 32.5. The molecule has 0 saturated carbocycles. The summed E-state index contributed by atoms with van der Waals surface area (Å²) < 4.78 is 37.3. The van der Waals surface area contributed by atoms with Gasteiger partial charge in [0, 0.05) is 66.4 Å². The van der Waals surface area contributed by atoms with Crippen molar-refractivity contribution in [1.82, 2.24) is 15.0 Å². The number of aliphatic imine (C=N–C) groups is 2. The molecule has 3 aromatic carbocycles. The Labute approximate surface area is 276 Å². The van der Waals surface area contributed by atoms with E-state index in [0.717, 1.165) is 35.0 Å². The molecule has 5 aromatic rings. The molecular formula is C37H36F2N6O3. The lowest BCUT2D eigenvalue weighted by Crippen LogP contribution is -2.39. The molecule has 0 saturated heterocycles. The number of nitrogens with two attached hydrogens (primary N) is 1. The van der Waals surface area contributed by atoms with Crippen molar-refractivity contribution in [2.45, 2.75) is 57.3 Å². The molecule has 11 heteroatoms. The molecule has 4 N–H and O–H groups in total. The quantitative estimate of drug-likeness (QED) is 0.190. The second-order valence-corrected chi connectivity index (χ2v) is 12.2. The molecule has 0 radical (unpaired) electrons. The van der Waals surface area contributed by atoms with Gasteiger partial charge in [-0.05, 0) is 68.0 Å². The van der Waals surface area contributed by atoms with E-state index in [-0.39, 0.29) is 41.6 Å². The van der Waals surface area contributed by atoms with Gasteiger partial charge in [0.2, 0.25) is 0 Å². The molecule has 4 bridgehead atoms. The van der Waals surface area contributed by atoms with Crippen LogP contribution >= 0.6 is 0 Å². The fraction of sp³-hybridized carbons (Fsp3) is 0.270. The highest BCUT2D eigenvalue weighted by Gasteiger charge is 2.32. The van der Waals surface area contributed by atoms with E-state index in [0.29, 0.717) is 36.0 Å². The monoisotopic (exact) mass is 650 g/mol. The number of amidine groups is 2. The smallest absolute Gasteiger partial charge is 0.303 e. The van der Waals surface area contributed by atoms with E-state index in [9.17, 15) is 9.90 Å². The van der Waals surface area contributed by atoms with Gasteiger partial charge in [-0.1, -0.05) is 30.7 Å². The summed E-state index contributed by atoms with van der Waals surface area (Å²) in [6.07, 6.45) is 8.61. The van der Waals surface area contributed by atoms with Crippen molar-refractivity contribution in [2.75, 3.05) is 7.05 Å². The summed E-state index contributed by atoms with van der Waals surface area (Å²) in [4.78, 5) is 32.6. The summed E-state index contributed by atoms with van der Waals surface area (Å²) in [6, 6.07) is 15.0. The summed E-state index contributed by atoms with van der Waals surface area (Å²) in [5, 5.41) is 10.0. The van der Waals surface area contributed by atoms with Gasteiger partial charge in [-0.3, -0.25) is 19.8 Å². The Morgan fingerprint density at radius 1 is 1.06 bits per heavy atom. The number of ether oxygens (including phenoxy) is 1. The van der Waals surface area contributed by atoms with Crippen LogP contribution in [0.5, 0.6) is 11.5 Å². The van der Waals surface area contributed by atoms with E-state index in [4.69, 9.17) is 15.5 Å². The Kier molecular flexibility index (Phi) is 9.29. The second-order valence-electron chi connectivity index (χ2n) is 12.2.